The monoisotopic (exact) mass is 495 g/mol. The summed E-state index contributed by atoms with van der Waals surface area (Å²) in [7, 11) is 0. The molecule has 2 aromatic heterocycles. The van der Waals surface area contributed by atoms with Gasteiger partial charge in [0.2, 0.25) is 5.91 Å². The Morgan fingerprint density at radius 1 is 1.23 bits per heavy atom. The minimum Gasteiger partial charge on any atom is -0.493 e. The van der Waals surface area contributed by atoms with Crippen LogP contribution in [-0.2, 0) is 11.3 Å². The minimum atomic E-state index is -0.131. The fourth-order valence-electron chi connectivity index (χ4n) is 3.40. The number of carbonyl (C=O) groups excluding carboxylic acids is 1. The van der Waals surface area contributed by atoms with Crippen LogP contribution in [0.25, 0.3) is 27.7 Å². The second-order valence-corrected chi connectivity index (χ2v) is 9.01. The Hall–Kier alpha value is -2.83. The van der Waals surface area contributed by atoms with E-state index in [4.69, 9.17) is 9.15 Å². The molecular formula is C25H22BrNO3S. The van der Waals surface area contributed by atoms with E-state index in [0.29, 0.717) is 18.9 Å². The Balaban J connectivity index is 1.68. The number of hydrogen-bond donors (Lipinski definition) is 1. The Labute approximate surface area is 193 Å². The molecule has 0 aliphatic carbocycles. The van der Waals surface area contributed by atoms with Gasteiger partial charge in [-0.1, -0.05) is 34.1 Å². The molecule has 4 nitrogen and oxygen atoms in total. The van der Waals surface area contributed by atoms with Crippen LogP contribution in [0.3, 0.4) is 0 Å². The van der Waals surface area contributed by atoms with Gasteiger partial charge in [0.25, 0.3) is 0 Å². The second kappa shape index (κ2) is 9.54. The van der Waals surface area contributed by atoms with Crippen LogP contribution in [0.15, 0.2) is 75.1 Å². The summed E-state index contributed by atoms with van der Waals surface area (Å²) in [6.07, 6.45) is 3.39. The maximum absolute atomic E-state index is 12.5. The zero-order chi connectivity index (χ0) is 21.8. The molecule has 0 spiro atoms. The van der Waals surface area contributed by atoms with Crippen molar-refractivity contribution >= 4 is 49.7 Å². The van der Waals surface area contributed by atoms with Gasteiger partial charge in [0.15, 0.2) is 0 Å². The highest BCUT2D eigenvalue weighted by atomic mass is 79.9. The first-order valence-corrected chi connectivity index (χ1v) is 11.6. The number of rotatable bonds is 7. The van der Waals surface area contributed by atoms with Crippen molar-refractivity contribution in [1.82, 2.24) is 5.32 Å². The minimum absolute atomic E-state index is 0.131. The van der Waals surface area contributed by atoms with Crippen molar-refractivity contribution in [3.8, 4) is 16.9 Å². The quantitative estimate of drug-likeness (QED) is 0.279. The first kappa shape index (κ1) is 21.4. The molecular weight excluding hydrogens is 474 g/mol. The van der Waals surface area contributed by atoms with E-state index in [-0.39, 0.29) is 5.91 Å². The third-order valence-corrected chi connectivity index (χ3v) is 6.33. The fraction of sp³-hybridized carbons (Fsp3) is 0.160. The lowest BCUT2D eigenvalue weighted by Gasteiger charge is -2.12. The molecule has 0 atom stereocenters. The summed E-state index contributed by atoms with van der Waals surface area (Å²) < 4.78 is 12.7. The maximum Gasteiger partial charge on any atom is 0.244 e. The summed E-state index contributed by atoms with van der Waals surface area (Å²) in [6, 6.07) is 16.0. The predicted molar refractivity (Wildman–Crippen MR) is 130 cm³/mol. The first-order valence-electron chi connectivity index (χ1n) is 9.98. The van der Waals surface area contributed by atoms with Crippen LogP contribution in [0, 0.1) is 0 Å². The first-order chi connectivity index (χ1) is 15.0. The summed E-state index contributed by atoms with van der Waals surface area (Å²) >= 11 is 5.10. The van der Waals surface area contributed by atoms with Gasteiger partial charge in [-0.25, -0.2) is 0 Å². The molecule has 0 aliphatic rings. The maximum atomic E-state index is 12.5. The van der Waals surface area contributed by atoms with Gasteiger partial charge in [-0.2, -0.15) is 0 Å². The number of ether oxygens (including phenoxy) is 1. The molecule has 4 aromatic rings. The average molecular weight is 496 g/mol. The van der Waals surface area contributed by atoms with Crippen molar-refractivity contribution in [3.05, 3.63) is 81.2 Å². The van der Waals surface area contributed by atoms with Crippen molar-refractivity contribution in [2.24, 2.45) is 0 Å². The summed E-state index contributed by atoms with van der Waals surface area (Å²) in [5.41, 5.74) is 4.52. The number of amides is 1. The lowest BCUT2D eigenvalue weighted by atomic mass is 9.99. The summed E-state index contributed by atoms with van der Waals surface area (Å²) in [5, 5.41) is 5.92. The van der Waals surface area contributed by atoms with Crippen LogP contribution in [-0.4, -0.2) is 12.5 Å². The summed E-state index contributed by atoms with van der Waals surface area (Å²) in [5.74, 6) is 0.570. The zero-order valence-electron chi connectivity index (χ0n) is 17.3. The number of halogens is 1. The number of nitrogens with one attached hydrogen (secondary N) is 1. The Kier molecular flexibility index (Phi) is 6.59. The van der Waals surface area contributed by atoms with Gasteiger partial charge in [-0.05, 0) is 54.6 Å². The third kappa shape index (κ3) is 4.92. The number of furan rings is 1. The zero-order valence-corrected chi connectivity index (χ0v) is 19.7. The largest absolute Gasteiger partial charge is 0.493 e. The van der Waals surface area contributed by atoms with Crippen LogP contribution >= 0.6 is 27.3 Å². The lowest BCUT2D eigenvalue weighted by Crippen LogP contribution is -2.20. The highest BCUT2D eigenvalue weighted by Crippen LogP contribution is 2.37. The number of benzene rings is 2. The summed E-state index contributed by atoms with van der Waals surface area (Å²) in [4.78, 5) is 13.6. The van der Waals surface area contributed by atoms with Gasteiger partial charge in [-0.15, -0.1) is 11.3 Å². The van der Waals surface area contributed by atoms with E-state index in [1.54, 1.807) is 23.7 Å². The average Bonchev–Trinajstić information content (AvgIpc) is 3.42. The molecule has 158 valence electrons. The van der Waals surface area contributed by atoms with Gasteiger partial charge < -0.3 is 14.5 Å². The van der Waals surface area contributed by atoms with E-state index in [1.165, 1.54) is 0 Å². The summed E-state index contributed by atoms with van der Waals surface area (Å²) in [6.45, 7) is 4.91. The molecule has 0 fully saturated rings. The standard InChI is InChI=1S/C25H22BrNO3S/c1-3-29-23-13-24-21(22(15-30-24)17-6-8-18(26)9-7-17)12-20(23)16(2)11-25(28)27-14-19-5-4-10-31-19/h4-13,15H,3,14H2,1-2H3,(H,27,28)/b16-11+. The number of thiophene rings is 1. The highest BCUT2D eigenvalue weighted by Gasteiger charge is 2.15. The number of hydrogen-bond acceptors (Lipinski definition) is 4. The molecule has 6 heteroatoms. The van der Waals surface area contributed by atoms with Crippen LogP contribution in [0.5, 0.6) is 5.75 Å². The smallest absolute Gasteiger partial charge is 0.244 e. The molecule has 2 heterocycles. The van der Waals surface area contributed by atoms with E-state index in [1.807, 2.05) is 67.8 Å². The molecule has 0 saturated heterocycles. The van der Waals surface area contributed by atoms with Crippen LogP contribution in [0.2, 0.25) is 0 Å². The van der Waals surface area contributed by atoms with Crippen molar-refractivity contribution in [2.75, 3.05) is 6.61 Å². The molecule has 2 aromatic carbocycles. The van der Waals surface area contributed by atoms with E-state index in [0.717, 1.165) is 42.6 Å². The van der Waals surface area contributed by atoms with E-state index >= 15 is 0 Å². The SMILES string of the molecule is CCOc1cc2occ(-c3ccc(Br)cc3)c2cc1/C(C)=C/C(=O)NCc1cccs1. The van der Waals surface area contributed by atoms with Crippen molar-refractivity contribution in [2.45, 2.75) is 20.4 Å². The third-order valence-electron chi connectivity index (χ3n) is 4.92. The van der Waals surface area contributed by atoms with E-state index in [9.17, 15) is 4.79 Å². The molecule has 1 amide bonds. The molecule has 0 aliphatic heterocycles. The Morgan fingerprint density at radius 2 is 2.03 bits per heavy atom. The fourth-order valence-corrected chi connectivity index (χ4v) is 4.31. The normalized spacial score (nSPS) is 11.6. The molecule has 0 saturated carbocycles. The predicted octanol–water partition coefficient (Wildman–Crippen LogP) is 7.04. The molecule has 1 N–H and O–H groups in total. The van der Waals surface area contributed by atoms with Crippen LogP contribution in [0.4, 0.5) is 0 Å². The Bertz CT molecular complexity index is 1220. The van der Waals surface area contributed by atoms with E-state index < -0.39 is 0 Å². The van der Waals surface area contributed by atoms with Gasteiger partial charge in [0.1, 0.15) is 11.3 Å². The molecule has 4 rings (SSSR count). The highest BCUT2D eigenvalue weighted by molar-refractivity contribution is 9.10. The van der Waals surface area contributed by atoms with Crippen LogP contribution in [0.1, 0.15) is 24.3 Å². The Morgan fingerprint density at radius 3 is 2.74 bits per heavy atom. The van der Waals surface area contributed by atoms with Gasteiger partial charge >= 0.3 is 0 Å². The van der Waals surface area contributed by atoms with E-state index in [2.05, 4.69) is 21.2 Å². The topological polar surface area (TPSA) is 51.5 Å². The van der Waals surface area contributed by atoms with Gasteiger partial charge in [-0.3, -0.25) is 4.79 Å². The van der Waals surface area contributed by atoms with Gasteiger partial charge in [0.05, 0.1) is 19.4 Å². The number of fused-ring (bicyclic) bond motifs is 1. The molecule has 31 heavy (non-hydrogen) atoms. The molecule has 0 unspecified atom stereocenters. The second-order valence-electron chi connectivity index (χ2n) is 7.06. The number of allylic oxidation sites excluding steroid dienone is 1. The van der Waals surface area contributed by atoms with Gasteiger partial charge in [0, 0.05) is 38.0 Å². The molecule has 0 radical (unpaired) electrons. The lowest BCUT2D eigenvalue weighted by molar-refractivity contribution is -0.116. The van der Waals surface area contributed by atoms with Crippen LogP contribution < -0.4 is 10.1 Å². The molecule has 0 bridgehead atoms. The van der Waals surface area contributed by atoms with Crippen molar-refractivity contribution in [3.63, 3.8) is 0 Å². The number of carbonyl (C=O) groups is 1. The van der Waals surface area contributed by atoms with Crippen molar-refractivity contribution < 1.29 is 13.9 Å². The van der Waals surface area contributed by atoms with Crippen molar-refractivity contribution in [1.29, 1.82) is 0 Å².